The number of anilines is 2. The van der Waals surface area contributed by atoms with Crippen LogP contribution in [0.4, 0.5) is 11.5 Å². The summed E-state index contributed by atoms with van der Waals surface area (Å²) in [6.45, 7) is 6.20. The molecular formula is C33H34N6O3. The molecule has 0 unspecified atom stereocenters. The fourth-order valence-electron chi connectivity index (χ4n) is 5.21. The quantitative estimate of drug-likeness (QED) is 0.272. The van der Waals surface area contributed by atoms with Crippen LogP contribution in [-0.4, -0.2) is 52.3 Å². The van der Waals surface area contributed by atoms with Gasteiger partial charge < -0.3 is 19.7 Å². The third kappa shape index (κ3) is 5.90. The van der Waals surface area contributed by atoms with Gasteiger partial charge in [0.15, 0.2) is 11.5 Å². The van der Waals surface area contributed by atoms with Crippen LogP contribution in [0.1, 0.15) is 61.4 Å². The van der Waals surface area contributed by atoms with Gasteiger partial charge in [0, 0.05) is 36.6 Å². The molecule has 42 heavy (non-hydrogen) atoms. The third-order valence-corrected chi connectivity index (χ3v) is 7.83. The summed E-state index contributed by atoms with van der Waals surface area (Å²) in [7, 11) is 0. The zero-order valence-electron chi connectivity index (χ0n) is 24.0. The van der Waals surface area contributed by atoms with Crippen molar-refractivity contribution >= 4 is 23.0 Å². The van der Waals surface area contributed by atoms with E-state index >= 15 is 0 Å². The Morgan fingerprint density at radius 1 is 1.07 bits per heavy atom. The predicted molar refractivity (Wildman–Crippen MR) is 161 cm³/mol. The zero-order valence-corrected chi connectivity index (χ0v) is 24.0. The molecule has 9 heteroatoms. The number of ether oxygens (including phenoxy) is 2. The minimum Gasteiger partial charge on any atom is -0.493 e. The molecule has 3 aromatic rings. The summed E-state index contributed by atoms with van der Waals surface area (Å²) in [4.78, 5) is 24.6. The monoisotopic (exact) mass is 562 g/mol. The number of terminal acetylenes is 1. The van der Waals surface area contributed by atoms with E-state index in [1.54, 1.807) is 0 Å². The van der Waals surface area contributed by atoms with Crippen molar-refractivity contribution in [2.45, 2.75) is 57.8 Å². The van der Waals surface area contributed by atoms with E-state index in [1.807, 2.05) is 49.1 Å². The highest BCUT2D eigenvalue weighted by atomic mass is 16.5. The molecule has 0 saturated heterocycles. The fourth-order valence-corrected chi connectivity index (χ4v) is 5.21. The first-order valence-electron chi connectivity index (χ1n) is 14.4. The van der Waals surface area contributed by atoms with Crippen LogP contribution in [0.2, 0.25) is 0 Å². The Hall–Kier alpha value is -4.55. The molecule has 0 saturated carbocycles. The minimum atomic E-state index is -0.332. The number of carbonyl (C=O) groups is 1. The van der Waals surface area contributed by atoms with Crippen LogP contribution in [0.5, 0.6) is 5.75 Å². The first-order chi connectivity index (χ1) is 20.4. The maximum absolute atomic E-state index is 13.2. The molecule has 0 aliphatic carbocycles. The topological polar surface area (TPSA) is 101 Å². The van der Waals surface area contributed by atoms with E-state index in [2.05, 4.69) is 45.7 Å². The highest BCUT2D eigenvalue weighted by Crippen LogP contribution is 2.37. The standard InChI is InChI=1S/C33H34N6O3/c1-4-5-16-33(37-38-33)17-20-42-27-12-8-24(9-13-27)23-6-10-26(11-7-23)34-31-28-21-39(22(2)3)32(40)29(28)35-30(36-31)25-14-18-41-19-15-25/h1,6-14,22H,5,15-21H2,2-3H3,(H,34,35,36). The van der Waals surface area contributed by atoms with E-state index in [9.17, 15) is 4.79 Å². The van der Waals surface area contributed by atoms with Crippen molar-refractivity contribution in [2.75, 3.05) is 25.1 Å². The molecule has 1 N–H and O–H groups in total. The average Bonchev–Trinajstić information content (AvgIpc) is 3.71. The number of carbonyl (C=O) groups excluding carboxylic acids is 1. The molecule has 4 heterocycles. The van der Waals surface area contributed by atoms with Gasteiger partial charge in [-0.1, -0.05) is 30.3 Å². The maximum Gasteiger partial charge on any atom is 0.273 e. The summed E-state index contributed by atoms with van der Waals surface area (Å²) < 4.78 is 11.4. The fraction of sp³-hybridized carbons (Fsp3) is 0.364. The van der Waals surface area contributed by atoms with Gasteiger partial charge in [-0.2, -0.15) is 10.2 Å². The number of hydrogen-bond donors (Lipinski definition) is 1. The second kappa shape index (κ2) is 11.7. The lowest BCUT2D eigenvalue weighted by Crippen LogP contribution is -2.31. The molecule has 0 bridgehead atoms. The second-order valence-corrected chi connectivity index (χ2v) is 11.0. The summed E-state index contributed by atoms with van der Waals surface area (Å²) in [6.07, 6.45) is 10.3. The highest BCUT2D eigenvalue weighted by molar-refractivity contribution is 5.98. The lowest BCUT2D eigenvalue weighted by atomic mass is 10.0. The normalized spacial score (nSPS) is 16.7. The molecule has 3 aliphatic heterocycles. The summed E-state index contributed by atoms with van der Waals surface area (Å²) in [5, 5.41) is 11.8. The average molecular weight is 563 g/mol. The van der Waals surface area contributed by atoms with Gasteiger partial charge in [0.25, 0.3) is 5.91 Å². The van der Waals surface area contributed by atoms with Gasteiger partial charge in [-0.05, 0) is 61.2 Å². The van der Waals surface area contributed by atoms with Gasteiger partial charge in [-0.25, -0.2) is 9.97 Å². The van der Waals surface area contributed by atoms with Crippen molar-refractivity contribution in [1.29, 1.82) is 0 Å². The molecule has 0 spiro atoms. The molecule has 214 valence electrons. The Balaban J connectivity index is 1.14. The summed E-state index contributed by atoms with van der Waals surface area (Å²) in [5.41, 5.74) is 5.03. The van der Waals surface area contributed by atoms with Crippen molar-refractivity contribution in [3.05, 3.63) is 71.7 Å². The largest absolute Gasteiger partial charge is 0.493 e. The van der Waals surface area contributed by atoms with E-state index in [1.165, 1.54) is 0 Å². The molecule has 9 nitrogen and oxygen atoms in total. The van der Waals surface area contributed by atoms with Gasteiger partial charge >= 0.3 is 0 Å². The van der Waals surface area contributed by atoms with Gasteiger partial charge in [0.1, 0.15) is 17.3 Å². The SMILES string of the molecule is C#CCCC1(CCOc2ccc(-c3ccc(Nc4nc(C5=CCOCC5)nc5c4CN(C(C)C)C5=O)cc3)cc2)N=N1. The molecule has 1 aromatic heterocycles. The van der Waals surface area contributed by atoms with Crippen LogP contribution in [0.15, 0.2) is 64.8 Å². The molecule has 1 amide bonds. The number of hydrogen-bond acceptors (Lipinski definition) is 8. The van der Waals surface area contributed by atoms with Crippen LogP contribution in [0, 0.1) is 12.3 Å². The number of rotatable bonds is 11. The first kappa shape index (κ1) is 27.6. The van der Waals surface area contributed by atoms with Crippen LogP contribution >= 0.6 is 0 Å². The molecule has 2 aromatic carbocycles. The third-order valence-electron chi connectivity index (χ3n) is 7.83. The van der Waals surface area contributed by atoms with Crippen LogP contribution in [0.25, 0.3) is 16.7 Å². The molecule has 0 fully saturated rings. The van der Waals surface area contributed by atoms with E-state index in [0.29, 0.717) is 50.1 Å². The molecule has 3 aliphatic rings. The van der Waals surface area contributed by atoms with E-state index < -0.39 is 0 Å². The Morgan fingerprint density at radius 3 is 2.45 bits per heavy atom. The van der Waals surface area contributed by atoms with E-state index in [-0.39, 0.29) is 17.6 Å². The number of amides is 1. The smallest absolute Gasteiger partial charge is 0.273 e. The Morgan fingerprint density at radius 2 is 1.81 bits per heavy atom. The number of aromatic nitrogens is 2. The van der Waals surface area contributed by atoms with E-state index in [4.69, 9.17) is 25.9 Å². The van der Waals surface area contributed by atoms with Crippen LogP contribution in [-0.2, 0) is 11.3 Å². The first-order valence-corrected chi connectivity index (χ1v) is 14.4. The van der Waals surface area contributed by atoms with Gasteiger partial charge in [0.2, 0.25) is 0 Å². The Bertz CT molecular complexity index is 1570. The predicted octanol–water partition coefficient (Wildman–Crippen LogP) is 6.40. The molecular weight excluding hydrogens is 528 g/mol. The van der Waals surface area contributed by atoms with Gasteiger partial charge in [-0.3, -0.25) is 4.79 Å². The highest BCUT2D eigenvalue weighted by Gasteiger charge is 2.39. The van der Waals surface area contributed by atoms with Gasteiger partial charge in [-0.15, -0.1) is 12.3 Å². The zero-order chi connectivity index (χ0) is 29.1. The van der Waals surface area contributed by atoms with E-state index in [0.717, 1.165) is 53.0 Å². The molecule has 0 radical (unpaired) electrons. The minimum absolute atomic E-state index is 0.0527. The van der Waals surface area contributed by atoms with Crippen molar-refractivity contribution in [2.24, 2.45) is 10.2 Å². The van der Waals surface area contributed by atoms with Gasteiger partial charge in [0.05, 0.1) is 26.4 Å². The lowest BCUT2D eigenvalue weighted by molar-refractivity contribution is 0.0726. The second-order valence-electron chi connectivity index (χ2n) is 11.0. The molecule has 0 atom stereocenters. The van der Waals surface area contributed by atoms with Crippen molar-refractivity contribution in [1.82, 2.24) is 14.9 Å². The Kier molecular flexibility index (Phi) is 7.72. The maximum atomic E-state index is 13.2. The number of nitrogens with one attached hydrogen (secondary N) is 1. The van der Waals surface area contributed by atoms with Crippen molar-refractivity contribution in [3.8, 4) is 29.2 Å². The number of fused-ring (bicyclic) bond motifs is 1. The number of benzene rings is 2. The Labute approximate surface area is 246 Å². The summed E-state index contributed by atoms with van der Waals surface area (Å²) in [6, 6.07) is 16.3. The summed E-state index contributed by atoms with van der Waals surface area (Å²) in [5.74, 6) is 4.66. The molecule has 6 rings (SSSR count). The van der Waals surface area contributed by atoms with Crippen molar-refractivity contribution < 1.29 is 14.3 Å². The lowest BCUT2D eigenvalue weighted by Gasteiger charge is -2.19. The summed E-state index contributed by atoms with van der Waals surface area (Å²) >= 11 is 0. The number of nitrogens with zero attached hydrogens (tertiary/aromatic N) is 5. The van der Waals surface area contributed by atoms with Crippen LogP contribution in [0.3, 0.4) is 0 Å². The van der Waals surface area contributed by atoms with Crippen LogP contribution < -0.4 is 10.1 Å². The van der Waals surface area contributed by atoms with Crippen molar-refractivity contribution in [3.63, 3.8) is 0 Å².